The fourth-order valence-corrected chi connectivity index (χ4v) is 10.2. The second-order valence-corrected chi connectivity index (χ2v) is 18.4. The van der Waals surface area contributed by atoms with Crippen LogP contribution in [0.1, 0.15) is 58.2 Å². The molecule has 3 aromatic heterocycles. The summed E-state index contributed by atoms with van der Waals surface area (Å²) < 4.78 is 55.1. The number of nitrogens with one attached hydrogen (secondary N) is 3. The predicted molar refractivity (Wildman–Crippen MR) is 269 cm³/mol. The van der Waals surface area contributed by atoms with Crippen molar-refractivity contribution in [1.29, 1.82) is 0 Å². The number of halogens is 2. The van der Waals surface area contributed by atoms with E-state index in [2.05, 4.69) is 25.9 Å². The Morgan fingerprint density at radius 2 is 1.54 bits per heavy atom. The summed E-state index contributed by atoms with van der Waals surface area (Å²) in [7, 11) is 0. The van der Waals surface area contributed by atoms with Crippen molar-refractivity contribution in [1.82, 2.24) is 35.4 Å². The van der Waals surface area contributed by atoms with Gasteiger partial charge < -0.3 is 55.6 Å². The summed E-state index contributed by atoms with van der Waals surface area (Å²) in [5, 5.41) is 29.6. The Labute approximate surface area is 426 Å². The topological polar surface area (TPSA) is 239 Å². The molecule has 9 rings (SSSR count). The molecular weight excluding hydrogens is 959 g/mol. The molecule has 3 amide bonds. The van der Waals surface area contributed by atoms with Gasteiger partial charge in [-0.1, -0.05) is 43.3 Å². The first-order valence-electron chi connectivity index (χ1n) is 24.7. The molecule has 20 heteroatoms. The Bertz CT molecular complexity index is 2940. The number of aryl methyl sites for hydroxylation is 1. The number of fused-ring (bicyclic) bond motifs is 2. The Hall–Kier alpha value is -7.36. The zero-order chi connectivity index (χ0) is 52.0. The monoisotopic (exact) mass is 1020 g/mol. The Kier molecular flexibility index (Phi) is 15.6. The van der Waals surface area contributed by atoms with Gasteiger partial charge in [0, 0.05) is 84.7 Å². The molecule has 2 aromatic carbocycles. The van der Waals surface area contributed by atoms with Crippen LogP contribution in [0.3, 0.4) is 0 Å². The molecule has 6 heterocycles. The second kappa shape index (κ2) is 22.4. The van der Waals surface area contributed by atoms with Crippen LogP contribution in [0.25, 0.3) is 33.5 Å². The molecule has 5 aromatic rings. The smallest absolute Gasteiger partial charge is 0.508 e. The lowest BCUT2D eigenvalue weighted by Gasteiger charge is -2.32. The molecule has 2 fully saturated rings. The van der Waals surface area contributed by atoms with E-state index in [0.29, 0.717) is 74.1 Å². The molecule has 0 radical (unpaired) electrons. The number of aliphatic hydroxyl groups excluding tert-OH is 1. The molecule has 0 saturated carbocycles. The molecule has 2 saturated heterocycles. The summed E-state index contributed by atoms with van der Waals surface area (Å²) in [6.07, 6.45) is 3.94. The number of pyridine rings is 3. The average Bonchev–Trinajstić information content (AvgIpc) is 4.05. The van der Waals surface area contributed by atoms with Gasteiger partial charge in [-0.25, -0.2) is 9.47 Å². The first-order chi connectivity index (χ1) is 35.8. The van der Waals surface area contributed by atoms with E-state index < -0.39 is 24.5 Å². The number of nitrogens with zero attached hydrogens (tertiary/aromatic N) is 4. The van der Waals surface area contributed by atoms with Crippen molar-refractivity contribution in [2.75, 3.05) is 65.0 Å². The summed E-state index contributed by atoms with van der Waals surface area (Å²) in [5.74, 6) is 0.129. The molecule has 1 aliphatic carbocycles. The van der Waals surface area contributed by atoms with Crippen molar-refractivity contribution >= 4 is 29.4 Å². The minimum absolute atomic E-state index is 0.0108. The maximum Gasteiger partial charge on any atom is 0.586 e. The van der Waals surface area contributed by atoms with Gasteiger partial charge in [-0.15, -0.1) is 8.78 Å². The Morgan fingerprint density at radius 3 is 2.27 bits per heavy atom. The SMILES string of the molecule is CCc1c(-c2ccc(C(=O)NCCC(=O)NCCOCCOCCOCCNC(=O)c3cccc(-c4nc([N+]56C(O)CCC7C=CC8=C(OC(F)(F)O8)C5C76)ccc4C)c3)nc2)cnc(N)c1-c1ccc(O)cc1. The normalized spacial score (nSPS) is 20.9. The van der Waals surface area contributed by atoms with Crippen LogP contribution in [-0.2, 0) is 34.9 Å². The number of anilines is 1. The number of hydrogen-bond donors (Lipinski definition) is 6. The lowest BCUT2D eigenvalue weighted by Crippen LogP contribution is -2.48. The third-order valence-corrected chi connectivity index (χ3v) is 13.7. The number of hydrogen-bond acceptors (Lipinski definition) is 14. The van der Waals surface area contributed by atoms with Crippen molar-refractivity contribution in [2.45, 2.75) is 64.1 Å². The number of nitrogens with two attached hydrogens (primary N) is 1. The van der Waals surface area contributed by atoms with Crippen LogP contribution < -0.4 is 26.2 Å². The van der Waals surface area contributed by atoms with E-state index in [4.69, 9.17) is 34.4 Å². The van der Waals surface area contributed by atoms with Crippen LogP contribution in [-0.4, -0.2) is 127 Å². The van der Waals surface area contributed by atoms with Crippen LogP contribution in [0.2, 0.25) is 0 Å². The first kappa shape index (κ1) is 51.5. The second-order valence-electron chi connectivity index (χ2n) is 18.4. The lowest BCUT2D eigenvalue weighted by atomic mass is 9.92. The van der Waals surface area contributed by atoms with Crippen LogP contribution in [0, 0.1) is 12.8 Å². The van der Waals surface area contributed by atoms with Gasteiger partial charge in [0.05, 0.1) is 45.3 Å². The number of rotatable bonds is 22. The number of carbonyl (C=O) groups excluding carboxylic acids is 3. The standard InChI is InChI=1S/C54H58F2N8O10/c1-3-39-40(31-62-51(57)46(39)33-8-13-38(65)14-9-33)37-10-15-41(61-30-37)53(69)59-20-19-44(66)58-21-23-70-25-27-72-28-26-71-24-22-60-52(68)36-6-4-5-35(29-36)47-32(2)7-17-43(63-47)64-45(67)18-12-34-11-16-42-50(49(64)48(34)64)74-54(55,56)73-42/h4-11,13-17,29-31,34,45,48-49,67H,3,12,18-28H2,1-2H3,(H5-,57,58,59,60,61,62,65,66,68,69)/p+1. The number of phenolic OH excluding ortho intramolecular Hbond substituents is 1. The van der Waals surface area contributed by atoms with E-state index in [1.54, 1.807) is 73.1 Å². The van der Waals surface area contributed by atoms with Crippen molar-refractivity contribution < 1.29 is 57.1 Å². The zero-order valence-electron chi connectivity index (χ0n) is 41.0. The minimum atomic E-state index is -3.78. The fraction of sp³-hybridized carbons (Fsp3) is 0.370. The summed E-state index contributed by atoms with van der Waals surface area (Å²) in [4.78, 5) is 52.1. The van der Waals surface area contributed by atoms with Gasteiger partial charge in [-0.05, 0) is 78.9 Å². The average molecular weight is 1020 g/mol. The molecule has 0 bridgehead atoms. The van der Waals surface area contributed by atoms with Crippen LogP contribution in [0.15, 0.2) is 109 Å². The molecule has 3 aliphatic heterocycles. The van der Waals surface area contributed by atoms with Gasteiger partial charge in [0.25, 0.3) is 11.8 Å². The Morgan fingerprint density at radius 1 is 0.824 bits per heavy atom. The number of aliphatic hydroxyl groups is 1. The number of aromatic hydroxyl groups is 1. The maximum absolute atomic E-state index is 14.3. The van der Waals surface area contributed by atoms with Crippen molar-refractivity contribution in [3.8, 4) is 39.3 Å². The number of carbonyl (C=O) groups is 3. The van der Waals surface area contributed by atoms with E-state index in [0.717, 1.165) is 33.4 Å². The summed E-state index contributed by atoms with van der Waals surface area (Å²) in [6, 6.07) is 20.1. The molecule has 0 spiro atoms. The number of amides is 3. The maximum atomic E-state index is 14.3. The van der Waals surface area contributed by atoms with Crippen LogP contribution in [0.4, 0.5) is 20.4 Å². The molecule has 74 heavy (non-hydrogen) atoms. The van der Waals surface area contributed by atoms with E-state index in [-0.39, 0.29) is 90.5 Å². The number of piperidine rings is 1. The largest absolute Gasteiger partial charge is 0.586 e. The van der Waals surface area contributed by atoms with E-state index in [1.165, 1.54) is 0 Å². The number of alkyl halides is 2. The Balaban J connectivity index is 0.628. The number of quaternary nitrogens is 1. The molecule has 4 aliphatic rings. The molecule has 5 unspecified atom stereocenters. The number of aromatic nitrogens is 3. The quantitative estimate of drug-likeness (QED) is 0.0269. The van der Waals surface area contributed by atoms with Gasteiger partial charge in [0.1, 0.15) is 17.3 Å². The van der Waals surface area contributed by atoms with E-state index in [1.807, 2.05) is 38.1 Å². The highest BCUT2D eigenvalue weighted by atomic mass is 19.3. The predicted octanol–water partition coefficient (Wildman–Crippen LogP) is 5.91. The third-order valence-electron chi connectivity index (χ3n) is 13.7. The number of allylic oxidation sites excluding steroid dienone is 1. The van der Waals surface area contributed by atoms with E-state index in [9.17, 15) is 33.4 Å². The highest BCUT2D eigenvalue weighted by molar-refractivity contribution is 5.95. The van der Waals surface area contributed by atoms with Crippen LogP contribution >= 0.6 is 0 Å². The van der Waals surface area contributed by atoms with Gasteiger partial charge in [-0.2, -0.15) is 4.98 Å². The zero-order valence-corrected chi connectivity index (χ0v) is 41.0. The highest BCUT2D eigenvalue weighted by Gasteiger charge is 2.80. The van der Waals surface area contributed by atoms with Gasteiger partial charge in [0.2, 0.25) is 23.5 Å². The summed E-state index contributed by atoms with van der Waals surface area (Å²) in [5.41, 5.74) is 13.2. The summed E-state index contributed by atoms with van der Waals surface area (Å²) in [6.45, 7) is 6.38. The number of nitrogen functional groups attached to an aromatic ring is 1. The van der Waals surface area contributed by atoms with Gasteiger partial charge >= 0.3 is 6.29 Å². The number of ether oxygens (including phenoxy) is 5. The molecule has 18 nitrogen and oxygen atoms in total. The fourth-order valence-electron chi connectivity index (χ4n) is 10.2. The van der Waals surface area contributed by atoms with Crippen molar-refractivity contribution in [3.63, 3.8) is 0 Å². The van der Waals surface area contributed by atoms with Crippen LogP contribution in [0.5, 0.6) is 5.75 Å². The van der Waals surface area contributed by atoms with Crippen molar-refractivity contribution in [3.05, 3.63) is 131 Å². The number of benzene rings is 2. The van der Waals surface area contributed by atoms with E-state index >= 15 is 0 Å². The third kappa shape index (κ3) is 10.9. The lowest BCUT2D eigenvalue weighted by molar-refractivity contribution is -0.337. The minimum Gasteiger partial charge on any atom is -0.508 e. The summed E-state index contributed by atoms with van der Waals surface area (Å²) >= 11 is 0. The molecular formula is C54H59F2N8O10+. The highest BCUT2D eigenvalue weighted by Crippen LogP contribution is 2.61. The molecule has 5 atom stereocenters. The number of phenols is 1. The van der Waals surface area contributed by atoms with Gasteiger partial charge in [-0.3, -0.25) is 19.4 Å². The van der Waals surface area contributed by atoms with Crippen molar-refractivity contribution in [2.24, 2.45) is 5.92 Å². The molecule has 388 valence electrons. The first-order valence-corrected chi connectivity index (χ1v) is 24.7. The van der Waals surface area contributed by atoms with Gasteiger partial charge in [0.15, 0.2) is 18.0 Å². The molecule has 7 N–H and O–H groups in total.